The van der Waals surface area contributed by atoms with Gasteiger partial charge in [-0.25, -0.2) is 0 Å². The van der Waals surface area contributed by atoms with Gasteiger partial charge in [-0.15, -0.1) is 11.3 Å². The van der Waals surface area contributed by atoms with Crippen LogP contribution in [0.3, 0.4) is 0 Å². The van der Waals surface area contributed by atoms with Crippen LogP contribution >= 0.6 is 22.9 Å². The Bertz CT molecular complexity index is 618. The normalized spacial score (nSPS) is 18.0. The Labute approximate surface area is 120 Å². The first-order valence-electron chi connectivity index (χ1n) is 6.17. The first-order valence-corrected chi connectivity index (χ1v) is 7.43. The highest BCUT2D eigenvalue weighted by molar-refractivity contribution is 7.11. The minimum Gasteiger partial charge on any atom is -0.380 e. The number of carbonyl (C=O) groups excluding carboxylic acids is 1. The lowest BCUT2D eigenvalue weighted by atomic mass is 9.83. The second kappa shape index (κ2) is 4.75. The van der Waals surface area contributed by atoms with Gasteiger partial charge in [0, 0.05) is 5.02 Å². The fourth-order valence-corrected chi connectivity index (χ4v) is 3.43. The van der Waals surface area contributed by atoms with Crippen molar-refractivity contribution in [2.24, 2.45) is 5.92 Å². The molecule has 0 bridgehead atoms. The fraction of sp³-hybridized carbons (Fsp3) is 0.267. The third kappa shape index (κ3) is 2.22. The summed E-state index contributed by atoms with van der Waals surface area (Å²) >= 11 is 7.39. The van der Waals surface area contributed by atoms with E-state index in [-0.39, 0.29) is 5.92 Å². The SMILES string of the molecule is O=Cc1cc(C(O)(c2cccc(Cl)c2)C2CC2)cs1. The first-order chi connectivity index (χ1) is 9.14. The third-order valence-electron chi connectivity index (χ3n) is 3.61. The lowest BCUT2D eigenvalue weighted by molar-refractivity contribution is 0.0569. The maximum absolute atomic E-state index is 11.2. The quantitative estimate of drug-likeness (QED) is 0.869. The molecule has 0 aliphatic heterocycles. The molecule has 1 unspecified atom stereocenters. The monoisotopic (exact) mass is 292 g/mol. The van der Waals surface area contributed by atoms with E-state index in [0.29, 0.717) is 9.90 Å². The second-order valence-corrected chi connectivity index (χ2v) is 6.29. The van der Waals surface area contributed by atoms with Crippen molar-refractivity contribution in [2.45, 2.75) is 18.4 Å². The van der Waals surface area contributed by atoms with Crippen LogP contribution < -0.4 is 0 Å². The Kier molecular flexibility index (Phi) is 3.21. The van der Waals surface area contributed by atoms with Gasteiger partial charge in [0.15, 0.2) is 6.29 Å². The van der Waals surface area contributed by atoms with Gasteiger partial charge in [-0.05, 0) is 53.5 Å². The summed E-state index contributed by atoms with van der Waals surface area (Å²) in [6.45, 7) is 0. The van der Waals surface area contributed by atoms with Crippen LogP contribution in [0.25, 0.3) is 0 Å². The van der Waals surface area contributed by atoms with Crippen LogP contribution in [0.15, 0.2) is 35.7 Å². The molecule has 4 heteroatoms. The summed E-state index contributed by atoms with van der Waals surface area (Å²) in [5.41, 5.74) is 0.574. The van der Waals surface area contributed by atoms with Crippen molar-refractivity contribution in [3.05, 3.63) is 56.7 Å². The van der Waals surface area contributed by atoms with E-state index in [1.54, 1.807) is 18.2 Å². The zero-order valence-electron chi connectivity index (χ0n) is 10.2. The minimum absolute atomic E-state index is 0.208. The highest BCUT2D eigenvalue weighted by Gasteiger charge is 2.46. The van der Waals surface area contributed by atoms with Gasteiger partial charge >= 0.3 is 0 Å². The molecule has 1 aromatic carbocycles. The van der Waals surface area contributed by atoms with E-state index in [1.807, 2.05) is 17.5 Å². The highest BCUT2D eigenvalue weighted by atomic mass is 35.5. The van der Waals surface area contributed by atoms with Gasteiger partial charge in [-0.3, -0.25) is 4.79 Å². The van der Waals surface area contributed by atoms with Gasteiger partial charge in [0.25, 0.3) is 0 Å². The molecule has 1 fully saturated rings. The van der Waals surface area contributed by atoms with Gasteiger partial charge in [0.2, 0.25) is 0 Å². The standard InChI is InChI=1S/C15H13ClO2S/c16-13-3-1-2-11(6-13)15(18,10-4-5-10)12-7-14(8-17)19-9-12/h1-3,6-10,18H,4-5H2. The number of carbonyl (C=O) groups is 1. The summed E-state index contributed by atoms with van der Waals surface area (Å²) in [5, 5.41) is 13.6. The number of hydrogen-bond acceptors (Lipinski definition) is 3. The Morgan fingerprint density at radius 1 is 1.32 bits per heavy atom. The topological polar surface area (TPSA) is 37.3 Å². The van der Waals surface area contributed by atoms with E-state index in [4.69, 9.17) is 11.6 Å². The summed E-state index contributed by atoms with van der Waals surface area (Å²) in [6.07, 6.45) is 2.81. The molecular formula is C15H13ClO2S. The molecule has 19 heavy (non-hydrogen) atoms. The Balaban J connectivity index is 2.10. The van der Waals surface area contributed by atoms with Crippen molar-refractivity contribution in [3.63, 3.8) is 0 Å². The van der Waals surface area contributed by atoms with Crippen molar-refractivity contribution < 1.29 is 9.90 Å². The molecule has 0 radical (unpaired) electrons. The van der Waals surface area contributed by atoms with E-state index in [1.165, 1.54) is 11.3 Å². The van der Waals surface area contributed by atoms with Gasteiger partial charge < -0.3 is 5.11 Å². The molecule has 2 nitrogen and oxygen atoms in total. The molecule has 0 saturated heterocycles. The van der Waals surface area contributed by atoms with Crippen molar-refractivity contribution in [3.8, 4) is 0 Å². The summed E-state index contributed by atoms with van der Waals surface area (Å²) in [5.74, 6) is 0.208. The largest absolute Gasteiger partial charge is 0.380 e. The number of halogens is 1. The molecule has 1 saturated carbocycles. The van der Waals surface area contributed by atoms with Crippen LogP contribution in [0.1, 0.15) is 33.6 Å². The fourth-order valence-electron chi connectivity index (χ4n) is 2.48. The Morgan fingerprint density at radius 3 is 2.68 bits per heavy atom. The molecule has 1 heterocycles. The number of aldehydes is 1. The summed E-state index contributed by atoms with van der Waals surface area (Å²) in [6, 6.07) is 9.11. The predicted molar refractivity (Wildman–Crippen MR) is 76.9 cm³/mol. The Hall–Kier alpha value is -1.16. The van der Waals surface area contributed by atoms with E-state index in [0.717, 1.165) is 30.3 Å². The number of hydrogen-bond donors (Lipinski definition) is 1. The average Bonchev–Trinajstić information content (AvgIpc) is 3.16. The lowest BCUT2D eigenvalue weighted by Gasteiger charge is -2.28. The van der Waals surface area contributed by atoms with Crippen LogP contribution in [-0.4, -0.2) is 11.4 Å². The molecule has 2 aromatic rings. The zero-order valence-corrected chi connectivity index (χ0v) is 11.7. The van der Waals surface area contributed by atoms with E-state index in [9.17, 15) is 9.90 Å². The predicted octanol–water partition coefficient (Wildman–Crippen LogP) is 3.86. The summed E-state index contributed by atoms with van der Waals surface area (Å²) in [4.78, 5) is 11.5. The molecule has 1 aliphatic rings. The average molecular weight is 293 g/mol. The van der Waals surface area contributed by atoms with Crippen LogP contribution in [0.5, 0.6) is 0 Å². The molecule has 98 valence electrons. The number of benzene rings is 1. The molecule has 0 amide bonds. The van der Waals surface area contributed by atoms with Crippen molar-refractivity contribution in [1.29, 1.82) is 0 Å². The molecule has 3 rings (SSSR count). The number of rotatable bonds is 4. The molecule has 1 atom stereocenters. The van der Waals surface area contributed by atoms with Gasteiger partial charge in [-0.2, -0.15) is 0 Å². The van der Waals surface area contributed by atoms with E-state index >= 15 is 0 Å². The molecule has 1 aromatic heterocycles. The summed E-state index contributed by atoms with van der Waals surface area (Å²) in [7, 11) is 0. The Morgan fingerprint density at radius 2 is 2.11 bits per heavy atom. The van der Waals surface area contributed by atoms with Crippen molar-refractivity contribution in [2.75, 3.05) is 0 Å². The number of thiophene rings is 1. The maximum atomic E-state index is 11.2. The van der Waals surface area contributed by atoms with E-state index in [2.05, 4.69) is 0 Å². The number of aliphatic hydroxyl groups is 1. The maximum Gasteiger partial charge on any atom is 0.160 e. The van der Waals surface area contributed by atoms with Gasteiger partial charge in [0.1, 0.15) is 5.60 Å². The second-order valence-electron chi connectivity index (χ2n) is 4.91. The van der Waals surface area contributed by atoms with Crippen molar-refractivity contribution >= 4 is 29.2 Å². The molecule has 0 spiro atoms. The molecular weight excluding hydrogens is 280 g/mol. The van der Waals surface area contributed by atoms with Gasteiger partial charge in [-0.1, -0.05) is 23.7 Å². The minimum atomic E-state index is -1.03. The third-order valence-corrected chi connectivity index (χ3v) is 4.70. The van der Waals surface area contributed by atoms with Crippen LogP contribution in [-0.2, 0) is 5.60 Å². The van der Waals surface area contributed by atoms with Crippen LogP contribution in [0.2, 0.25) is 5.02 Å². The van der Waals surface area contributed by atoms with Gasteiger partial charge in [0.05, 0.1) is 4.88 Å². The highest BCUT2D eigenvalue weighted by Crippen LogP contribution is 2.50. The van der Waals surface area contributed by atoms with Crippen molar-refractivity contribution in [1.82, 2.24) is 0 Å². The zero-order chi connectivity index (χ0) is 13.5. The molecule has 1 N–H and O–H groups in total. The van der Waals surface area contributed by atoms with Crippen LogP contribution in [0, 0.1) is 5.92 Å². The first kappa shape index (κ1) is 12.9. The lowest BCUT2D eigenvalue weighted by Crippen LogP contribution is -2.29. The van der Waals surface area contributed by atoms with E-state index < -0.39 is 5.60 Å². The van der Waals surface area contributed by atoms with Crippen LogP contribution in [0.4, 0.5) is 0 Å². The smallest absolute Gasteiger partial charge is 0.160 e. The molecule has 1 aliphatic carbocycles. The summed E-state index contributed by atoms with van der Waals surface area (Å²) < 4.78 is 0.